The second-order valence-corrected chi connectivity index (χ2v) is 8.03. The summed E-state index contributed by atoms with van der Waals surface area (Å²) in [4.78, 5) is 12.8. The minimum absolute atomic E-state index is 0.00136. The summed E-state index contributed by atoms with van der Waals surface area (Å²) in [6.07, 6.45) is 7.17. The largest absolute Gasteiger partial charge is 0.496 e. The standard InChI is InChI=1S/C22H25N5O2S/c1-29-19-7-5-6-18-16(19)9-13-26(18)14-10-21(28)23-17(11-15-30-2)22-25-24-20-8-3-4-12-27(20)22/h3-9,12-13,17H,10-11,14-15H2,1-2H3,(H,23,28)/t17-/m0/s1. The Kier molecular flexibility index (Phi) is 6.23. The van der Waals surface area contributed by atoms with Crippen molar-refractivity contribution in [2.75, 3.05) is 19.1 Å². The Morgan fingerprint density at radius 3 is 2.90 bits per heavy atom. The van der Waals surface area contributed by atoms with Gasteiger partial charge in [-0.1, -0.05) is 12.1 Å². The molecule has 30 heavy (non-hydrogen) atoms. The number of benzene rings is 1. The molecule has 156 valence electrons. The van der Waals surface area contributed by atoms with Crippen molar-refractivity contribution in [3.8, 4) is 5.75 Å². The van der Waals surface area contributed by atoms with Gasteiger partial charge in [0.25, 0.3) is 0 Å². The SMILES string of the molecule is COc1cccc2c1ccn2CCC(=O)N[C@@H](CCSC)c1nnc2ccccn12. The Hall–Kier alpha value is -3.00. The number of rotatable bonds is 9. The molecule has 1 N–H and O–H groups in total. The van der Waals surface area contributed by atoms with Crippen LogP contribution in [0.4, 0.5) is 0 Å². The number of ether oxygens (including phenoxy) is 1. The topological polar surface area (TPSA) is 73.4 Å². The van der Waals surface area contributed by atoms with Gasteiger partial charge in [0.1, 0.15) is 5.75 Å². The maximum Gasteiger partial charge on any atom is 0.222 e. The maximum atomic E-state index is 12.8. The smallest absolute Gasteiger partial charge is 0.222 e. The van der Waals surface area contributed by atoms with Gasteiger partial charge in [-0.25, -0.2) is 0 Å². The number of hydrogen-bond acceptors (Lipinski definition) is 5. The quantitative estimate of drug-likeness (QED) is 0.444. The number of amides is 1. The van der Waals surface area contributed by atoms with Crippen LogP contribution in [-0.2, 0) is 11.3 Å². The summed E-state index contributed by atoms with van der Waals surface area (Å²) in [7, 11) is 1.67. The van der Waals surface area contributed by atoms with E-state index >= 15 is 0 Å². The maximum absolute atomic E-state index is 12.8. The Morgan fingerprint density at radius 2 is 2.07 bits per heavy atom. The molecule has 0 spiro atoms. The third-order valence-corrected chi connectivity index (χ3v) is 5.81. The van der Waals surface area contributed by atoms with Crippen molar-refractivity contribution < 1.29 is 9.53 Å². The highest BCUT2D eigenvalue weighted by atomic mass is 32.2. The van der Waals surface area contributed by atoms with E-state index in [1.807, 2.05) is 59.3 Å². The fraction of sp³-hybridized carbons (Fsp3) is 0.318. The number of fused-ring (bicyclic) bond motifs is 2. The first-order chi connectivity index (χ1) is 14.7. The van der Waals surface area contributed by atoms with E-state index in [1.54, 1.807) is 18.9 Å². The fourth-order valence-electron chi connectivity index (χ4n) is 3.66. The van der Waals surface area contributed by atoms with Gasteiger partial charge in [-0.15, -0.1) is 10.2 Å². The Bertz CT molecular complexity index is 1150. The average Bonchev–Trinajstić information content (AvgIpc) is 3.39. The molecule has 1 atom stereocenters. The highest BCUT2D eigenvalue weighted by Crippen LogP contribution is 2.26. The van der Waals surface area contributed by atoms with Crippen LogP contribution in [0.2, 0.25) is 0 Å². The van der Waals surface area contributed by atoms with Crippen molar-refractivity contribution in [1.29, 1.82) is 0 Å². The van der Waals surface area contributed by atoms with Gasteiger partial charge in [-0.2, -0.15) is 11.8 Å². The first-order valence-corrected chi connectivity index (χ1v) is 11.3. The number of nitrogens with one attached hydrogen (secondary N) is 1. The second-order valence-electron chi connectivity index (χ2n) is 7.04. The van der Waals surface area contributed by atoms with Crippen LogP contribution in [0.5, 0.6) is 5.75 Å². The lowest BCUT2D eigenvalue weighted by molar-refractivity contribution is -0.122. The number of aromatic nitrogens is 4. The van der Waals surface area contributed by atoms with E-state index in [0.29, 0.717) is 13.0 Å². The van der Waals surface area contributed by atoms with Crippen molar-refractivity contribution >= 4 is 34.2 Å². The highest BCUT2D eigenvalue weighted by molar-refractivity contribution is 7.98. The van der Waals surface area contributed by atoms with Crippen LogP contribution in [0.1, 0.15) is 24.7 Å². The summed E-state index contributed by atoms with van der Waals surface area (Å²) in [5.74, 6) is 2.53. The average molecular weight is 424 g/mol. The molecular formula is C22H25N5O2S. The van der Waals surface area contributed by atoms with Gasteiger partial charge in [0.2, 0.25) is 5.91 Å². The summed E-state index contributed by atoms with van der Waals surface area (Å²) in [5.41, 5.74) is 1.84. The number of aryl methyl sites for hydroxylation is 1. The van der Waals surface area contributed by atoms with Crippen LogP contribution in [0.3, 0.4) is 0 Å². The third kappa shape index (κ3) is 4.14. The lowest BCUT2D eigenvalue weighted by Crippen LogP contribution is -2.31. The van der Waals surface area contributed by atoms with Gasteiger partial charge in [-0.05, 0) is 48.8 Å². The summed E-state index contributed by atoms with van der Waals surface area (Å²) < 4.78 is 9.45. The molecule has 0 bridgehead atoms. The zero-order valence-corrected chi connectivity index (χ0v) is 17.9. The number of carbonyl (C=O) groups excluding carboxylic acids is 1. The first kappa shape index (κ1) is 20.3. The zero-order chi connectivity index (χ0) is 20.9. The lowest BCUT2D eigenvalue weighted by Gasteiger charge is -2.17. The van der Waals surface area contributed by atoms with Gasteiger partial charge < -0.3 is 14.6 Å². The van der Waals surface area contributed by atoms with E-state index in [4.69, 9.17) is 4.74 Å². The molecule has 0 aliphatic rings. The van der Waals surface area contributed by atoms with E-state index in [2.05, 4.69) is 26.3 Å². The minimum Gasteiger partial charge on any atom is -0.496 e. The van der Waals surface area contributed by atoms with Gasteiger partial charge in [0.15, 0.2) is 11.5 Å². The first-order valence-electron chi connectivity index (χ1n) is 9.91. The van der Waals surface area contributed by atoms with Gasteiger partial charge in [0, 0.05) is 30.7 Å². The number of pyridine rings is 1. The molecule has 0 saturated carbocycles. The van der Waals surface area contributed by atoms with Gasteiger partial charge in [0.05, 0.1) is 18.7 Å². The van der Waals surface area contributed by atoms with E-state index in [1.165, 1.54) is 0 Å². The van der Waals surface area contributed by atoms with E-state index in [0.717, 1.165) is 40.3 Å². The molecule has 3 heterocycles. The molecule has 1 aromatic carbocycles. The lowest BCUT2D eigenvalue weighted by atomic mass is 10.2. The van der Waals surface area contributed by atoms with Crippen molar-refractivity contribution in [2.24, 2.45) is 0 Å². The monoisotopic (exact) mass is 423 g/mol. The van der Waals surface area contributed by atoms with Crippen LogP contribution < -0.4 is 10.1 Å². The molecule has 0 radical (unpaired) electrons. The molecule has 8 heteroatoms. The molecule has 0 aliphatic heterocycles. The Balaban J connectivity index is 1.47. The van der Waals surface area contributed by atoms with Crippen molar-refractivity contribution in [2.45, 2.75) is 25.4 Å². The molecule has 1 amide bonds. The van der Waals surface area contributed by atoms with Crippen LogP contribution >= 0.6 is 11.8 Å². The number of nitrogens with zero attached hydrogens (tertiary/aromatic N) is 4. The molecule has 4 rings (SSSR count). The molecule has 3 aromatic heterocycles. The van der Waals surface area contributed by atoms with Gasteiger partial charge >= 0.3 is 0 Å². The number of carbonyl (C=O) groups is 1. The van der Waals surface area contributed by atoms with Crippen LogP contribution in [0.25, 0.3) is 16.6 Å². The van der Waals surface area contributed by atoms with E-state index in [9.17, 15) is 4.79 Å². The summed E-state index contributed by atoms with van der Waals surface area (Å²) in [6, 6.07) is 13.6. The second kappa shape index (κ2) is 9.21. The third-order valence-electron chi connectivity index (χ3n) is 5.17. The molecule has 0 unspecified atom stereocenters. The number of hydrogen-bond donors (Lipinski definition) is 1. The van der Waals surface area contributed by atoms with Crippen LogP contribution in [-0.4, -0.2) is 44.2 Å². The van der Waals surface area contributed by atoms with Crippen LogP contribution in [0.15, 0.2) is 54.9 Å². The molecule has 0 fully saturated rings. The number of thioether (sulfide) groups is 1. The summed E-state index contributed by atoms with van der Waals surface area (Å²) in [6.45, 7) is 0.596. The molecule has 4 aromatic rings. The Labute approximate surface area is 179 Å². The minimum atomic E-state index is -0.177. The highest BCUT2D eigenvalue weighted by Gasteiger charge is 2.20. The molecule has 7 nitrogen and oxygen atoms in total. The number of methoxy groups -OCH3 is 1. The van der Waals surface area contributed by atoms with Crippen LogP contribution in [0, 0.1) is 0 Å². The Morgan fingerprint density at radius 1 is 1.17 bits per heavy atom. The van der Waals surface area contributed by atoms with Crippen molar-refractivity contribution in [3.05, 3.63) is 60.7 Å². The van der Waals surface area contributed by atoms with Gasteiger partial charge in [-0.3, -0.25) is 9.20 Å². The van der Waals surface area contributed by atoms with E-state index < -0.39 is 0 Å². The molecule has 0 saturated heterocycles. The fourth-order valence-corrected chi connectivity index (χ4v) is 4.13. The van der Waals surface area contributed by atoms with Crippen molar-refractivity contribution in [3.63, 3.8) is 0 Å². The zero-order valence-electron chi connectivity index (χ0n) is 17.1. The van der Waals surface area contributed by atoms with E-state index in [-0.39, 0.29) is 11.9 Å². The normalized spacial score (nSPS) is 12.3. The molecular weight excluding hydrogens is 398 g/mol. The predicted molar refractivity (Wildman–Crippen MR) is 120 cm³/mol. The molecule has 0 aliphatic carbocycles. The summed E-state index contributed by atoms with van der Waals surface area (Å²) in [5, 5.41) is 12.8. The summed E-state index contributed by atoms with van der Waals surface area (Å²) >= 11 is 1.75. The van der Waals surface area contributed by atoms with Crippen molar-refractivity contribution in [1.82, 2.24) is 24.5 Å². The predicted octanol–water partition coefficient (Wildman–Crippen LogP) is 3.69.